The van der Waals surface area contributed by atoms with Crippen LogP contribution in [0.1, 0.15) is 51.1 Å². The van der Waals surface area contributed by atoms with E-state index in [2.05, 4.69) is 18.7 Å². The summed E-state index contributed by atoms with van der Waals surface area (Å²) in [5.41, 5.74) is 6.76. The van der Waals surface area contributed by atoms with Crippen molar-refractivity contribution in [1.82, 2.24) is 4.90 Å². The van der Waals surface area contributed by atoms with Crippen molar-refractivity contribution in [3.05, 3.63) is 35.6 Å². The van der Waals surface area contributed by atoms with Crippen LogP contribution in [0.5, 0.6) is 0 Å². The fourth-order valence-electron chi connectivity index (χ4n) is 3.79. The van der Waals surface area contributed by atoms with Gasteiger partial charge in [0.15, 0.2) is 0 Å². The standard InChI is InChI=1S/C17H27FN2/c1-3-16(14-9-5-6-10-15(14)18)20(4-2)17-11-7-8-13(17)12-19/h5-6,9-10,13,16-17H,3-4,7-8,11-12,19H2,1-2H3. The van der Waals surface area contributed by atoms with Crippen molar-refractivity contribution in [2.75, 3.05) is 13.1 Å². The molecule has 1 aromatic carbocycles. The van der Waals surface area contributed by atoms with Gasteiger partial charge >= 0.3 is 0 Å². The number of halogens is 1. The first-order valence-corrected chi connectivity index (χ1v) is 7.93. The summed E-state index contributed by atoms with van der Waals surface area (Å²) in [6, 6.07) is 7.87. The molecule has 0 aromatic heterocycles. The van der Waals surface area contributed by atoms with Gasteiger partial charge in [0.1, 0.15) is 5.82 Å². The van der Waals surface area contributed by atoms with Crippen molar-refractivity contribution in [3.8, 4) is 0 Å². The second-order valence-electron chi connectivity index (χ2n) is 5.77. The second-order valence-corrected chi connectivity index (χ2v) is 5.77. The maximum absolute atomic E-state index is 14.1. The summed E-state index contributed by atoms with van der Waals surface area (Å²) < 4.78 is 14.1. The van der Waals surface area contributed by atoms with Crippen molar-refractivity contribution < 1.29 is 4.39 Å². The number of nitrogens with zero attached hydrogens (tertiary/aromatic N) is 1. The van der Waals surface area contributed by atoms with Crippen molar-refractivity contribution >= 4 is 0 Å². The Bertz CT molecular complexity index is 421. The van der Waals surface area contributed by atoms with Crippen LogP contribution in [-0.2, 0) is 0 Å². The van der Waals surface area contributed by atoms with Crippen LogP contribution in [0.25, 0.3) is 0 Å². The Morgan fingerprint density at radius 1 is 1.30 bits per heavy atom. The predicted molar refractivity (Wildman–Crippen MR) is 82.0 cm³/mol. The molecule has 1 aromatic rings. The van der Waals surface area contributed by atoms with Crippen LogP contribution in [0, 0.1) is 11.7 Å². The lowest BCUT2D eigenvalue weighted by Crippen LogP contribution is -2.42. The zero-order valence-electron chi connectivity index (χ0n) is 12.7. The Kier molecular flexibility index (Phi) is 5.55. The van der Waals surface area contributed by atoms with Gasteiger partial charge in [-0.2, -0.15) is 0 Å². The zero-order chi connectivity index (χ0) is 14.5. The molecular weight excluding hydrogens is 251 g/mol. The van der Waals surface area contributed by atoms with Crippen molar-refractivity contribution in [3.63, 3.8) is 0 Å². The van der Waals surface area contributed by atoms with E-state index in [4.69, 9.17) is 5.73 Å². The topological polar surface area (TPSA) is 29.3 Å². The first-order valence-electron chi connectivity index (χ1n) is 7.93. The molecule has 0 amide bonds. The number of nitrogens with two attached hydrogens (primary N) is 1. The molecule has 3 unspecified atom stereocenters. The molecule has 2 rings (SSSR count). The summed E-state index contributed by atoms with van der Waals surface area (Å²) in [7, 11) is 0. The minimum absolute atomic E-state index is 0.0832. The van der Waals surface area contributed by atoms with Gasteiger partial charge in [0.05, 0.1) is 0 Å². The Morgan fingerprint density at radius 2 is 2.05 bits per heavy atom. The van der Waals surface area contributed by atoms with Gasteiger partial charge < -0.3 is 5.73 Å². The summed E-state index contributed by atoms with van der Waals surface area (Å²) in [5, 5.41) is 0. The average molecular weight is 278 g/mol. The Hall–Kier alpha value is -0.930. The molecule has 1 saturated carbocycles. The molecule has 0 heterocycles. The zero-order valence-corrected chi connectivity index (χ0v) is 12.7. The highest BCUT2D eigenvalue weighted by molar-refractivity contribution is 5.21. The van der Waals surface area contributed by atoms with Crippen LogP contribution in [0.2, 0.25) is 0 Å². The molecular formula is C17H27FN2. The maximum Gasteiger partial charge on any atom is 0.127 e. The highest BCUT2D eigenvalue weighted by Gasteiger charge is 2.34. The van der Waals surface area contributed by atoms with Crippen LogP contribution >= 0.6 is 0 Å². The van der Waals surface area contributed by atoms with Crippen LogP contribution in [0.15, 0.2) is 24.3 Å². The third-order valence-corrected chi connectivity index (χ3v) is 4.76. The van der Waals surface area contributed by atoms with Gasteiger partial charge in [0, 0.05) is 17.6 Å². The molecule has 112 valence electrons. The van der Waals surface area contributed by atoms with E-state index in [1.54, 1.807) is 12.1 Å². The molecule has 3 atom stereocenters. The Balaban J connectivity index is 2.26. The first kappa shape index (κ1) is 15.5. The highest BCUT2D eigenvalue weighted by atomic mass is 19.1. The van der Waals surface area contributed by atoms with Crippen LogP contribution in [0.3, 0.4) is 0 Å². The highest BCUT2D eigenvalue weighted by Crippen LogP contribution is 2.36. The Morgan fingerprint density at radius 3 is 2.65 bits per heavy atom. The number of rotatable bonds is 6. The van der Waals surface area contributed by atoms with E-state index in [-0.39, 0.29) is 11.9 Å². The lowest BCUT2D eigenvalue weighted by Gasteiger charge is -2.38. The van der Waals surface area contributed by atoms with Crippen molar-refractivity contribution in [1.29, 1.82) is 0 Å². The van der Waals surface area contributed by atoms with Crippen LogP contribution in [-0.4, -0.2) is 24.0 Å². The molecule has 0 radical (unpaired) electrons. The second kappa shape index (κ2) is 7.19. The van der Waals surface area contributed by atoms with Gasteiger partial charge in [-0.05, 0) is 44.3 Å². The molecule has 0 saturated heterocycles. The van der Waals surface area contributed by atoms with Gasteiger partial charge in [-0.1, -0.05) is 38.5 Å². The lowest BCUT2D eigenvalue weighted by molar-refractivity contribution is 0.108. The van der Waals surface area contributed by atoms with Crippen LogP contribution in [0.4, 0.5) is 4.39 Å². The molecule has 2 nitrogen and oxygen atoms in total. The SMILES string of the molecule is CCC(c1ccccc1F)N(CC)C1CCCC1CN. The number of benzene rings is 1. The van der Waals surface area contributed by atoms with E-state index in [9.17, 15) is 4.39 Å². The number of hydrogen-bond donors (Lipinski definition) is 1. The summed E-state index contributed by atoms with van der Waals surface area (Å²) in [5.74, 6) is 0.482. The monoisotopic (exact) mass is 278 g/mol. The van der Waals surface area contributed by atoms with Crippen LogP contribution < -0.4 is 5.73 Å². The van der Waals surface area contributed by atoms with E-state index in [1.165, 1.54) is 19.3 Å². The number of hydrogen-bond acceptors (Lipinski definition) is 2. The maximum atomic E-state index is 14.1. The molecule has 0 aliphatic heterocycles. The minimum Gasteiger partial charge on any atom is -0.330 e. The third kappa shape index (κ3) is 3.04. The van der Waals surface area contributed by atoms with E-state index >= 15 is 0 Å². The van der Waals surface area contributed by atoms with E-state index in [0.717, 1.165) is 25.1 Å². The predicted octanol–water partition coefficient (Wildman–Crippen LogP) is 3.73. The quantitative estimate of drug-likeness (QED) is 0.859. The summed E-state index contributed by atoms with van der Waals surface area (Å²) in [4.78, 5) is 2.48. The van der Waals surface area contributed by atoms with Gasteiger partial charge in [0.25, 0.3) is 0 Å². The third-order valence-electron chi connectivity index (χ3n) is 4.76. The lowest BCUT2D eigenvalue weighted by atomic mass is 9.95. The van der Waals surface area contributed by atoms with Gasteiger partial charge in [0.2, 0.25) is 0 Å². The van der Waals surface area contributed by atoms with Crippen molar-refractivity contribution in [2.45, 2.75) is 51.6 Å². The molecule has 2 N–H and O–H groups in total. The average Bonchev–Trinajstić information content (AvgIpc) is 2.94. The summed E-state index contributed by atoms with van der Waals surface area (Å²) in [6.07, 6.45) is 4.59. The Labute approximate surface area is 122 Å². The minimum atomic E-state index is -0.0832. The molecule has 3 heteroatoms. The summed E-state index contributed by atoms with van der Waals surface area (Å²) >= 11 is 0. The normalized spacial score (nSPS) is 24.2. The van der Waals surface area contributed by atoms with Gasteiger partial charge in [-0.3, -0.25) is 4.90 Å². The molecule has 1 aliphatic rings. The van der Waals surface area contributed by atoms with E-state index in [1.807, 2.05) is 12.1 Å². The molecule has 1 aliphatic carbocycles. The van der Waals surface area contributed by atoms with Gasteiger partial charge in [-0.25, -0.2) is 4.39 Å². The smallest absolute Gasteiger partial charge is 0.127 e. The molecule has 0 spiro atoms. The first-order chi connectivity index (χ1) is 9.72. The molecule has 1 fully saturated rings. The van der Waals surface area contributed by atoms with Gasteiger partial charge in [-0.15, -0.1) is 0 Å². The van der Waals surface area contributed by atoms with Crippen molar-refractivity contribution in [2.24, 2.45) is 11.7 Å². The van der Waals surface area contributed by atoms with E-state index in [0.29, 0.717) is 12.0 Å². The van der Waals surface area contributed by atoms with E-state index < -0.39 is 0 Å². The summed E-state index contributed by atoms with van der Waals surface area (Å²) in [6.45, 7) is 6.02. The molecule has 20 heavy (non-hydrogen) atoms. The molecule has 0 bridgehead atoms. The fraction of sp³-hybridized carbons (Fsp3) is 0.647. The largest absolute Gasteiger partial charge is 0.330 e. The fourth-order valence-corrected chi connectivity index (χ4v) is 3.79.